The molecule has 4 aromatic rings. The van der Waals surface area contributed by atoms with Crippen molar-refractivity contribution in [2.45, 2.75) is 122 Å². The molecule has 4 aliphatic rings. The lowest BCUT2D eigenvalue weighted by molar-refractivity contribution is -0.157. The molecular weight excluding hydrogens is 1140 g/mol. The molecule has 0 bridgehead atoms. The number of halogens is 1. The molecule has 2 aromatic carbocycles. The summed E-state index contributed by atoms with van der Waals surface area (Å²) in [6, 6.07) is 5.51. The molecule has 0 fully saturated rings. The number of carbonyl (C=O) groups excluding carboxylic acids is 11. The SMILES string of the molecule is Cc1c(F)cc2nc3c(c4c2c1CC[C@@H]4NC(=O)COCNC(=O)CNC(=O)[C@H](Cc1ccccc1)NC(=O)CNC(=O)[C@H](CO)NC(=O)[C@H](C)NC(=O)[C@@H](NC(=O)CCCCCN1C(=O)C=CC1=O)C(C)C)Cn1c-3cc2c(c1=O)COC(=O)[C@H]2O. The van der Waals surface area contributed by atoms with Crippen molar-refractivity contribution < 1.29 is 76.8 Å². The van der Waals surface area contributed by atoms with E-state index in [9.17, 15) is 67.7 Å². The standard InChI is InChI=1S/C59H68FN11O16/c1-29(2)51(69-43(73)13-9-6-10-18-70-47(77)16-17-48(70)78)57(83)64-31(4)54(80)68-41(25-72)56(82)62-23-45(75)66-40(19-32-11-7-5-8-12-32)55(81)61-22-44(74)63-28-86-27-46(76)65-38-15-14-33-30(3)37(60)21-39-49(33)50(38)35-24-71-42(52(35)67-39)20-34-36(58(71)84)26-87-59(85)53(34)79/h5,7-8,11-12,16-17,20-21,29,31,38,40-41,51,53,72,79H,6,9-10,13-15,18-19,22-28H2,1-4H3,(H,61,81)(H,62,82)(H,63,74)(H,64,83)(H,65,76)(H,66,75)(H,68,80)(H,69,73)/t31-,38-,40-,41-,51-,53-/m0/s1. The van der Waals surface area contributed by atoms with E-state index in [0.717, 1.165) is 4.90 Å². The van der Waals surface area contributed by atoms with E-state index in [1.807, 2.05) is 0 Å². The summed E-state index contributed by atoms with van der Waals surface area (Å²) in [6.07, 6.45) is 2.86. The molecule has 0 saturated carbocycles. The number of aromatic nitrogens is 2. The van der Waals surface area contributed by atoms with Crippen LogP contribution in [0.5, 0.6) is 0 Å². The third kappa shape index (κ3) is 15.0. The van der Waals surface area contributed by atoms with Crippen molar-refractivity contribution in [1.82, 2.24) is 57.0 Å². The molecule has 0 radical (unpaired) electrons. The molecule has 10 amide bonds. The van der Waals surface area contributed by atoms with Gasteiger partial charge in [0.15, 0.2) is 6.10 Å². The Balaban J connectivity index is 0.780. The molecule has 2 aromatic heterocycles. The van der Waals surface area contributed by atoms with Gasteiger partial charge in [-0.1, -0.05) is 50.6 Å². The van der Waals surface area contributed by atoms with Crippen molar-refractivity contribution in [1.29, 1.82) is 0 Å². The molecule has 5 heterocycles. The summed E-state index contributed by atoms with van der Waals surface area (Å²) in [6.45, 7) is 3.04. The Morgan fingerprint density at radius 1 is 0.782 bits per heavy atom. The summed E-state index contributed by atoms with van der Waals surface area (Å²) in [5.41, 5.74) is 3.60. The number of amides is 10. The van der Waals surface area contributed by atoms with E-state index in [4.69, 9.17) is 14.5 Å². The third-order valence-electron chi connectivity index (χ3n) is 15.4. The molecule has 6 atom stereocenters. The fraction of sp³-hybridized carbons (Fsp3) is 0.441. The second-order valence-corrected chi connectivity index (χ2v) is 21.8. The van der Waals surface area contributed by atoms with Crippen LogP contribution < -0.4 is 48.1 Å². The summed E-state index contributed by atoms with van der Waals surface area (Å²) < 4.78 is 27.3. The Morgan fingerprint density at radius 2 is 1.48 bits per heavy atom. The van der Waals surface area contributed by atoms with Gasteiger partial charge in [0.2, 0.25) is 47.3 Å². The maximum atomic E-state index is 15.3. The maximum Gasteiger partial charge on any atom is 0.340 e. The highest BCUT2D eigenvalue weighted by molar-refractivity contribution is 6.12. The smallest absolute Gasteiger partial charge is 0.340 e. The van der Waals surface area contributed by atoms with Crippen LogP contribution in [0.4, 0.5) is 4.39 Å². The minimum absolute atomic E-state index is 0.0336. The zero-order valence-corrected chi connectivity index (χ0v) is 48.2. The average Bonchev–Trinajstić information content (AvgIpc) is 1.90. The number of fused-ring (bicyclic) bond motifs is 5. The number of nitrogens with zero attached hydrogens (tertiary/aromatic N) is 3. The number of ether oxygens (including phenoxy) is 2. The highest BCUT2D eigenvalue weighted by atomic mass is 19.1. The van der Waals surface area contributed by atoms with Gasteiger partial charge in [-0.15, -0.1) is 0 Å². The normalized spacial score (nSPS) is 16.8. The highest BCUT2D eigenvalue weighted by Crippen LogP contribution is 2.45. The molecule has 28 heteroatoms. The first-order valence-corrected chi connectivity index (χ1v) is 28.4. The fourth-order valence-electron chi connectivity index (χ4n) is 10.7. The van der Waals surface area contributed by atoms with Crippen molar-refractivity contribution in [3.05, 3.63) is 110 Å². The van der Waals surface area contributed by atoms with Crippen molar-refractivity contribution in [3.8, 4) is 11.4 Å². The molecular formula is C59H68FN11O16. The number of aryl methyl sites for hydroxylation is 1. The molecule has 0 saturated heterocycles. The van der Waals surface area contributed by atoms with Gasteiger partial charge in [-0.3, -0.25) is 57.6 Å². The van der Waals surface area contributed by atoms with E-state index in [-0.39, 0.29) is 49.2 Å². The van der Waals surface area contributed by atoms with E-state index >= 15 is 4.39 Å². The number of nitrogens with one attached hydrogen (secondary N) is 8. The quantitative estimate of drug-likeness (QED) is 0.0127. The van der Waals surface area contributed by atoms with Gasteiger partial charge in [0.25, 0.3) is 17.4 Å². The van der Waals surface area contributed by atoms with E-state index in [1.54, 1.807) is 51.1 Å². The van der Waals surface area contributed by atoms with Crippen LogP contribution in [0.15, 0.2) is 59.4 Å². The number of aliphatic hydroxyl groups excluding tert-OH is 2. The molecule has 27 nitrogen and oxygen atoms in total. The Morgan fingerprint density at radius 3 is 2.18 bits per heavy atom. The van der Waals surface area contributed by atoms with Crippen LogP contribution in [0, 0.1) is 18.7 Å². The van der Waals surface area contributed by atoms with Gasteiger partial charge in [0, 0.05) is 54.1 Å². The summed E-state index contributed by atoms with van der Waals surface area (Å²) in [5.74, 6) is -8.54. The van der Waals surface area contributed by atoms with Crippen molar-refractivity contribution in [2.75, 3.05) is 39.6 Å². The van der Waals surface area contributed by atoms with Gasteiger partial charge in [0.05, 0.1) is 54.8 Å². The van der Waals surface area contributed by atoms with Gasteiger partial charge in [0.1, 0.15) is 49.9 Å². The Hall–Kier alpha value is -9.28. The Kier molecular flexibility index (Phi) is 20.7. The van der Waals surface area contributed by atoms with E-state index in [0.29, 0.717) is 76.7 Å². The molecule has 462 valence electrons. The van der Waals surface area contributed by atoms with Crippen LogP contribution >= 0.6 is 0 Å². The summed E-state index contributed by atoms with van der Waals surface area (Å²) in [5, 5.41) is 41.4. The molecule has 1 aliphatic carbocycles. The second-order valence-electron chi connectivity index (χ2n) is 21.8. The van der Waals surface area contributed by atoms with Gasteiger partial charge in [-0.2, -0.15) is 0 Å². The average molecular weight is 1210 g/mol. The lowest BCUT2D eigenvalue weighted by atomic mass is 9.81. The lowest BCUT2D eigenvalue weighted by Crippen LogP contribution is -2.58. The van der Waals surface area contributed by atoms with Crippen LogP contribution in [-0.4, -0.2) is 153 Å². The first-order valence-electron chi connectivity index (χ1n) is 28.4. The van der Waals surface area contributed by atoms with E-state index < -0.39 is 152 Å². The minimum Gasteiger partial charge on any atom is -0.458 e. The first-order chi connectivity index (χ1) is 41.5. The van der Waals surface area contributed by atoms with Crippen molar-refractivity contribution >= 4 is 75.9 Å². The monoisotopic (exact) mass is 1210 g/mol. The predicted octanol–water partition coefficient (Wildman–Crippen LogP) is -1.28. The zero-order chi connectivity index (χ0) is 62.8. The number of hydrogen-bond acceptors (Lipinski definition) is 17. The van der Waals surface area contributed by atoms with Crippen LogP contribution in [-0.2, 0) is 88.2 Å². The Bertz CT molecular complexity index is 3500. The molecule has 87 heavy (non-hydrogen) atoms. The molecule has 0 spiro atoms. The number of cyclic esters (lactones) is 1. The number of imide groups is 1. The van der Waals surface area contributed by atoms with Crippen LogP contribution in [0.25, 0.3) is 22.3 Å². The molecule has 3 aliphatic heterocycles. The van der Waals surface area contributed by atoms with E-state index in [1.165, 1.54) is 35.8 Å². The first kappa shape index (κ1) is 63.7. The van der Waals surface area contributed by atoms with E-state index in [2.05, 4.69) is 42.5 Å². The zero-order valence-electron chi connectivity index (χ0n) is 48.2. The lowest BCUT2D eigenvalue weighted by Gasteiger charge is -2.29. The molecule has 0 unspecified atom stereocenters. The van der Waals surface area contributed by atoms with Gasteiger partial charge in [-0.25, -0.2) is 14.2 Å². The minimum atomic E-state index is -1.69. The van der Waals surface area contributed by atoms with Crippen LogP contribution in [0.1, 0.15) is 104 Å². The van der Waals surface area contributed by atoms with Crippen LogP contribution in [0.3, 0.4) is 0 Å². The number of esters is 1. The third-order valence-corrected chi connectivity index (χ3v) is 15.4. The summed E-state index contributed by atoms with van der Waals surface area (Å²) in [4.78, 5) is 161. The van der Waals surface area contributed by atoms with Gasteiger partial charge < -0.3 is 66.8 Å². The number of pyridine rings is 2. The van der Waals surface area contributed by atoms with Crippen molar-refractivity contribution in [3.63, 3.8) is 0 Å². The molecule has 8 rings (SSSR count). The summed E-state index contributed by atoms with van der Waals surface area (Å²) >= 11 is 0. The number of carbonyl (C=O) groups is 11. The summed E-state index contributed by atoms with van der Waals surface area (Å²) in [7, 11) is 0. The second kappa shape index (κ2) is 28.3. The number of hydrogen-bond donors (Lipinski definition) is 10. The number of rotatable bonds is 27. The number of aliphatic hydroxyl groups is 2. The van der Waals surface area contributed by atoms with Gasteiger partial charge in [-0.05, 0) is 73.8 Å². The number of benzene rings is 2. The fourth-order valence-corrected chi connectivity index (χ4v) is 10.7. The topological polar surface area (TPSA) is 381 Å². The largest absolute Gasteiger partial charge is 0.458 e. The highest BCUT2D eigenvalue weighted by Gasteiger charge is 2.38. The van der Waals surface area contributed by atoms with Crippen molar-refractivity contribution in [2.24, 2.45) is 5.92 Å². The maximum absolute atomic E-state index is 15.3. The Labute approximate surface area is 496 Å². The molecule has 10 N–H and O–H groups in total. The van der Waals surface area contributed by atoms with Gasteiger partial charge >= 0.3 is 5.97 Å². The van der Waals surface area contributed by atoms with Crippen LogP contribution in [0.2, 0.25) is 0 Å². The predicted molar refractivity (Wildman–Crippen MR) is 304 cm³/mol. The number of unbranched alkanes of at least 4 members (excludes halogenated alkanes) is 2.